The van der Waals surface area contributed by atoms with E-state index in [0.717, 1.165) is 35.6 Å². The van der Waals surface area contributed by atoms with Gasteiger partial charge in [0, 0.05) is 31.3 Å². The van der Waals surface area contributed by atoms with Gasteiger partial charge < -0.3 is 19.5 Å². The monoisotopic (exact) mass is 405 g/mol. The van der Waals surface area contributed by atoms with E-state index in [0.29, 0.717) is 19.1 Å². The molecule has 2 aromatic carbocycles. The summed E-state index contributed by atoms with van der Waals surface area (Å²) in [6.45, 7) is 9.89. The highest BCUT2D eigenvalue weighted by Gasteiger charge is 2.28. The van der Waals surface area contributed by atoms with Crippen molar-refractivity contribution in [1.82, 2.24) is 5.32 Å². The van der Waals surface area contributed by atoms with E-state index < -0.39 is 0 Å². The van der Waals surface area contributed by atoms with Crippen molar-refractivity contribution in [1.29, 1.82) is 0 Å². The van der Waals surface area contributed by atoms with Gasteiger partial charge in [0.15, 0.2) is 0 Å². The van der Waals surface area contributed by atoms with Crippen molar-refractivity contribution in [2.45, 2.75) is 46.1 Å². The summed E-state index contributed by atoms with van der Waals surface area (Å²) in [5, 5.41) is 3.56. The zero-order valence-corrected chi connectivity index (χ0v) is 18.6. The number of hydrogen-bond acceptors (Lipinski definition) is 4. The summed E-state index contributed by atoms with van der Waals surface area (Å²) >= 11 is 0. The number of nitrogens with one attached hydrogen (secondary N) is 1. The SMILES string of the molecule is CC.CC.COCCOc1cc(OC)ccc1C1CC(c2ccc(F)cc2)CN1. The summed E-state index contributed by atoms with van der Waals surface area (Å²) in [7, 11) is 3.30. The van der Waals surface area contributed by atoms with Crippen LogP contribution in [0.1, 0.15) is 57.2 Å². The van der Waals surface area contributed by atoms with Crippen LogP contribution in [0.2, 0.25) is 0 Å². The summed E-state index contributed by atoms with van der Waals surface area (Å²) in [5.41, 5.74) is 2.27. The maximum absolute atomic E-state index is 13.1. The van der Waals surface area contributed by atoms with Crippen molar-refractivity contribution in [2.75, 3.05) is 34.0 Å². The van der Waals surface area contributed by atoms with Crippen molar-refractivity contribution < 1.29 is 18.6 Å². The first-order valence-corrected chi connectivity index (χ1v) is 10.5. The Morgan fingerprint density at radius 1 is 0.966 bits per heavy atom. The van der Waals surface area contributed by atoms with E-state index in [4.69, 9.17) is 14.2 Å². The molecule has 2 atom stereocenters. The van der Waals surface area contributed by atoms with Gasteiger partial charge in [-0.3, -0.25) is 0 Å². The Morgan fingerprint density at radius 2 is 1.66 bits per heavy atom. The lowest BCUT2D eigenvalue weighted by molar-refractivity contribution is 0.145. The molecule has 2 aromatic rings. The third-order valence-electron chi connectivity index (χ3n) is 4.61. The molecule has 5 heteroatoms. The van der Waals surface area contributed by atoms with E-state index in [1.54, 1.807) is 14.2 Å². The molecule has 1 heterocycles. The standard InChI is InChI=1S/C20H24FNO3.2C2H6/c1-23-9-10-25-20-12-17(24-2)7-8-18(20)19-11-15(13-22-19)14-3-5-16(21)6-4-14;2*1-2/h3-8,12,15,19,22H,9-11,13H2,1-2H3;2*1-2H3. The van der Waals surface area contributed by atoms with Crippen LogP contribution in [0.4, 0.5) is 4.39 Å². The van der Waals surface area contributed by atoms with E-state index >= 15 is 0 Å². The van der Waals surface area contributed by atoms with Gasteiger partial charge in [-0.05, 0) is 36.1 Å². The molecule has 1 fully saturated rings. The fourth-order valence-electron chi connectivity index (χ4n) is 3.25. The summed E-state index contributed by atoms with van der Waals surface area (Å²) in [6.07, 6.45) is 0.943. The van der Waals surface area contributed by atoms with E-state index in [2.05, 4.69) is 5.32 Å². The molecule has 3 rings (SSSR count). The molecule has 0 bridgehead atoms. The topological polar surface area (TPSA) is 39.7 Å². The Labute approximate surface area is 175 Å². The van der Waals surface area contributed by atoms with E-state index in [9.17, 15) is 4.39 Å². The largest absolute Gasteiger partial charge is 0.497 e. The molecular formula is C24H36FNO3. The van der Waals surface area contributed by atoms with Gasteiger partial charge in [0.1, 0.15) is 23.9 Å². The van der Waals surface area contributed by atoms with Crippen LogP contribution in [-0.2, 0) is 4.74 Å². The lowest BCUT2D eigenvalue weighted by atomic mass is 9.93. The molecule has 0 aromatic heterocycles. The Kier molecular flexibility index (Phi) is 12.0. The second-order valence-corrected chi connectivity index (χ2v) is 6.19. The molecular weight excluding hydrogens is 369 g/mol. The van der Waals surface area contributed by atoms with Gasteiger partial charge in [-0.15, -0.1) is 0 Å². The van der Waals surface area contributed by atoms with Gasteiger partial charge >= 0.3 is 0 Å². The van der Waals surface area contributed by atoms with Crippen molar-refractivity contribution in [3.05, 3.63) is 59.4 Å². The van der Waals surface area contributed by atoms with Gasteiger partial charge in [0.05, 0.1) is 13.7 Å². The van der Waals surface area contributed by atoms with Crippen molar-refractivity contribution >= 4 is 0 Å². The van der Waals surface area contributed by atoms with Crippen molar-refractivity contribution in [2.24, 2.45) is 0 Å². The number of methoxy groups -OCH3 is 2. The Balaban J connectivity index is 0.000000989. The molecule has 0 spiro atoms. The molecule has 162 valence electrons. The summed E-state index contributed by atoms with van der Waals surface area (Å²) < 4.78 is 29.4. The van der Waals surface area contributed by atoms with Gasteiger partial charge in [0.25, 0.3) is 0 Å². The highest BCUT2D eigenvalue weighted by Crippen LogP contribution is 2.38. The van der Waals surface area contributed by atoms with Crippen LogP contribution in [-0.4, -0.2) is 34.0 Å². The predicted octanol–water partition coefficient (Wildman–Crippen LogP) is 5.73. The number of halogens is 1. The van der Waals surface area contributed by atoms with Crippen LogP contribution in [0, 0.1) is 5.82 Å². The minimum absolute atomic E-state index is 0.193. The molecule has 1 saturated heterocycles. The second kappa shape index (κ2) is 14.0. The molecule has 4 nitrogen and oxygen atoms in total. The molecule has 1 aliphatic rings. The van der Waals surface area contributed by atoms with Gasteiger partial charge in [0.2, 0.25) is 0 Å². The molecule has 0 saturated carbocycles. The first-order valence-electron chi connectivity index (χ1n) is 10.5. The summed E-state index contributed by atoms with van der Waals surface area (Å²) in [6, 6.07) is 12.9. The maximum Gasteiger partial charge on any atom is 0.127 e. The molecule has 0 aliphatic carbocycles. The molecule has 1 aliphatic heterocycles. The lowest BCUT2D eigenvalue weighted by Gasteiger charge is -2.18. The first kappa shape index (κ1) is 24.9. The molecule has 29 heavy (non-hydrogen) atoms. The molecule has 0 radical (unpaired) electrons. The Morgan fingerprint density at radius 3 is 2.28 bits per heavy atom. The third kappa shape index (κ3) is 7.33. The van der Waals surface area contributed by atoms with Crippen molar-refractivity contribution in [3.63, 3.8) is 0 Å². The summed E-state index contributed by atoms with van der Waals surface area (Å²) in [5.74, 6) is 1.74. The second-order valence-electron chi connectivity index (χ2n) is 6.19. The number of ether oxygens (including phenoxy) is 3. The van der Waals surface area contributed by atoms with Gasteiger partial charge in [-0.1, -0.05) is 45.9 Å². The minimum Gasteiger partial charge on any atom is -0.497 e. The number of benzene rings is 2. The minimum atomic E-state index is -0.199. The first-order chi connectivity index (χ1) is 14.2. The lowest BCUT2D eigenvalue weighted by Crippen LogP contribution is -2.15. The Bertz CT molecular complexity index is 691. The normalized spacial score (nSPS) is 17.5. The van der Waals surface area contributed by atoms with E-state index in [1.165, 1.54) is 12.1 Å². The molecule has 1 N–H and O–H groups in total. The van der Waals surface area contributed by atoms with Crippen molar-refractivity contribution in [3.8, 4) is 11.5 Å². The zero-order valence-electron chi connectivity index (χ0n) is 18.6. The van der Waals surface area contributed by atoms with Crippen LogP contribution < -0.4 is 14.8 Å². The Hall–Kier alpha value is -2.11. The van der Waals surface area contributed by atoms with E-state index in [-0.39, 0.29) is 11.9 Å². The van der Waals surface area contributed by atoms with Gasteiger partial charge in [-0.25, -0.2) is 4.39 Å². The quantitative estimate of drug-likeness (QED) is 0.597. The average Bonchev–Trinajstić information content (AvgIpc) is 3.27. The van der Waals surface area contributed by atoms with Crippen LogP contribution in [0.3, 0.4) is 0 Å². The predicted molar refractivity (Wildman–Crippen MR) is 118 cm³/mol. The van der Waals surface area contributed by atoms with E-state index in [1.807, 2.05) is 58.0 Å². The highest BCUT2D eigenvalue weighted by molar-refractivity contribution is 5.43. The average molecular weight is 406 g/mol. The van der Waals surface area contributed by atoms with Crippen LogP contribution in [0.15, 0.2) is 42.5 Å². The molecule has 0 amide bonds. The summed E-state index contributed by atoms with van der Waals surface area (Å²) in [4.78, 5) is 0. The van der Waals surface area contributed by atoms with Crippen LogP contribution >= 0.6 is 0 Å². The number of hydrogen-bond donors (Lipinski definition) is 1. The maximum atomic E-state index is 13.1. The smallest absolute Gasteiger partial charge is 0.127 e. The number of rotatable bonds is 7. The molecule has 2 unspecified atom stereocenters. The fraction of sp³-hybridized carbons (Fsp3) is 0.500. The third-order valence-corrected chi connectivity index (χ3v) is 4.61. The highest BCUT2D eigenvalue weighted by atomic mass is 19.1. The van der Waals surface area contributed by atoms with Gasteiger partial charge in [-0.2, -0.15) is 0 Å². The van der Waals surface area contributed by atoms with Crippen LogP contribution in [0.5, 0.6) is 11.5 Å². The zero-order chi connectivity index (χ0) is 21.6. The fourth-order valence-corrected chi connectivity index (χ4v) is 3.25. The van der Waals surface area contributed by atoms with Crippen LogP contribution in [0.25, 0.3) is 0 Å².